The van der Waals surface area contributed by atoms with Gasteiger partial charge >= 0.3 is 0 Å². The fraction of sp³-hybridized carbons (Fsp3) is 0.381. The van der Waals surface area contributed by atoms with Crippen molar-refractivity contribution in [2.45, 2.75) is 39.0 Å². The fourth-order valence-corrected chi connectivity index (χ4v) is 3.40. The average molecular weight is 417 g/mol. The SMILES string of the molecule is CC(Oc1ccc(Br)cc1)C(=O)NCc1cccc(CN2CCCC2)c1. The number of halogens is 1. The second kappa shape index (κ2) is 9.19. The normalized spacial score (nSPS) is 15.6. The van der Waals surface area contributed by atoms with Crippen LogP contribution in [0.1, 0.15) is 30.9 Å². The van der Waals surface area contributed by atoms with Crippen molar-refractivity contribution in [1.82, 2.24) is 10.2 Å². The predicted molar refractivity (Wildman–Crippen MR) is 107 cm³/mol. The molecule has 1 aliphatic rings. The van der Waals surface area contributed by atoms with Gasteiger partial charge < -0.3 is 10.1 Å². The van der Waals surface area contributed by atoms with Crippen LogP contribution < -0.4 is 10.1 Å². The number of carbonyl (C=O) groups excluding carboxylic acids is 1. The largest absolute Gasteiger partial charge is 0.481 e. The van der Waals surface area contributed by atoms with E-state index in [1.165, 1.54) is 31.5 Å². The van der Waals surface area contributed by atoms with Gasteiger partial charge in [0.1, 0.15) is 5.75 Å². The summed E-state index contributed by atoms with van der Waals surface area (Å²) in [4.78, 5) is 14.8. The summed E-state index contributed by atoms with van der Waals surface area (Å²) in [6.45, 7) is 5.64. The van der Waals surface area contributed by atoms with Crippen molar-refractivity contribution >= 4 is 21.8 Å². The van der Waals surface area contributed by atoms with E-state index in [0.717, 1.165) is 16.6 Å². The summed E-state index contributed by atoms with van der Waals surface area (Å²) < 4.78 is 6.67. The Hall–Kier alpha value is -1.85. The van der Waals surface area contributed by atoms with Crippen LogP contribution in [0.25, 0.3) is 0 Å². The molecule has 4 nitrogen and oxygen atoms in total. The van der Waals surface area contributed by atoms with Crippen molar-refractivity contribution in [2.75, 3.05) is 13.1 Å². The zero-order valence-corrected chi connectivity index (χ0v) is 16.7. The molecule has 1 heterocycles. The Morgan fingerprint density at radius 3 is 2.58 bits per heavy atom. The second-order valence-corrected chi connectivity index (χ2v) is 7.65. The molecular formula is C21H25BrN2O2. The Bertz CT molecular complexity index is 727. The zero-order valence-electron chi connectivity index (χ0n) is 15.1. The van der Waals surface area contributed by atoms with Gasteiger partial charge in [0.05, 0.1) is 0 Å². The molecule has 0 aromatic heterocycles. The smallest absolute Gasteiger partial charge is 0.261 e. The highest BCUT2D eigenvalue weighted by Gasteiger charge is 2.15. The van der Waals surface area contributed by atoms with E-state index in [-0.39, 0.29) is 5.91 Å². The number of nitrogens with one attached hydrogen (secondary N) is 1. The standard InChI is InChI=1S/C21H25BrN2O2/c1-16(26-20-9-7-19(22)8-10-20)21(25)23-14-17-5-4-6-18(13-17)15-24-11-2-3-12-24/h4-10,13,16H,2-3,11-12,14-15H2,1H3,(H,23,25). The van der Waals surface area contributed by atoms with E-state index in [0.29, 0.717) is 12.3 Å². The highest BCUT2D eigenvalue weighted by Crippen LogP contribution is 2.17. The summed E-state index contributed by atoms with van der Waals surface area (Å²) in [5.74, 6) is 0.571. The Kier molecular flexibility index (Phi) is 6.69. The zero-order chi connectivity index (χ0) is 18.4. The first-order valence-electron chi connectivity index (χ1n) is 9.10. The predicted octanol–water partition coefficient (Wildman–Crippen LogP) is 4.13. The van der Waals surface area contributed by atoms with Gasteiger partial charge in [0.2, 0.25) is 0 Å². The number of nitrogens with zero attached hydrogens (tertiary/aromatic N) is 1. The number of likely N-dealkylation sites (tertiary alicyclic amines) is 1. The Morgan fingerprint density at radius 1 is 1.15 bits per heavy atom. The maximum Gasteiger partial charge on any atom is 0.261 e. The summed E-state index contributed by atoms with van der Waals surface area (Å²) in [5.41, 5.74) is 2.42. The Morgan fingerprint density at radius 2 is 1.85 bits per heavy atom. The van der Waals surface area contributed by atoms with Crippen molar-refractivity contribution in [3.05, 3.63) is 64.1 Å². The molecule has 1 aliphatic heterocycles. The molecule has 2 aromatic carbocycles. The third-order valence-corrected chi connectivity index (χ3v) is 5.09. The van der Waals surface area contributed by atoms with Crippen molar-refractivity contribution in [3.63, 3.8) is 0 Å². The van der Waals surface area contributed by atoms with E-state index in [4.69, 9.17) is 4.74 Å². The maximum atomic E-state index is 12.3. The van der Waals surface area contributed by atoms with Gasteiger partial charge in [-0.05, 0) is 68.2 Å². The minimum atomic E-state index is -0.538. The fourth-order valence-electron chi connectivity index (χ4n) is 3.14. The molecule has 0 saturated carbocycles. The highest BCUT2D eigenvalue weighted by atomic mass is 79.9. The number of hydrogen-bond donors (Lipinski definition) is 1. The molecule has 26 heavy (non-hydrogen) atoms. The first-order chi connectivity index (χ1) is 12.6. The molecule has 1 amide bonds. The second-order valence-electron chi connectivity index (χ2n) is 6.74. The number of benzene rings is 2. The van der Waals surface area contributed by atoms with E-state index in [1.807, 2.05) is 30.3 Å². The third kappa shape index (κ3) is 5.58. The van der Waals surface area contributed by atoms with Crippen LogP contribution in [0.15, 0.2) is 53.0 Å². The molecule has 0 bridgehead atoms. The van der Waals surface area contributed by atoms with Crippen LogP contribution in [0, 0.1) is 0 Å². The van der Waals surface area contributed by atoms with E-state index < -0.39 is 6.10 Å². The summed E-state index contributed by atoms with van der Waals surface area (Å²) in [5, 5.41) is 2.96. The Balaban J connectivity index is 1.49. The maximum absolute atomic E-state index is 12.3. The van der Waals surface area contributed by atoms with Crippen LogP contribution in [0.3, 0.4) is 0 Å². The average Bonchev–Trinajstić information content (AvgIpc) is 3.15. The van der Waals surface area contributed by atoms with E-state index in [9.17, 15) is 4.79 Å². The van der Waals surface area contributed by atoms with Crippen LogP contribution in [-0.4, -0.2) is 30.0 Å². The lowest BCUT2D eigenvalue weighted by molar-refractivity contribution is -0.127. The van der Waals surface area contributed by atoms with Gasteiger partial charge in [-0.25, -0.2) is 0 Å². The van der Waals surface area contributed by atoms with Gasteiger partial charge in [-0.2, -0.15) is 0 Å². The lowest BCUT2D eigenvalue weighted by Gasteiger charge is -2.16. The number of carbonyl (C=O) groups is 1. The molecule has 0 aliphatic carbocycles. The lowest BCUT2D eigenvalue weighted by Crippen LogP contribution is -2.35. The number of hydrogen-bond acceptors (Lipinski definition) is 3. The van der Waals surface area contributed by atoms with Crippen LogP contribution in [-0.2, 0) is 17.9 Å². The monoisotopic (exact) mass is 416 g/mol. The highest BCUT2D eigenvalue weighted by molar-refractivity contribution is 9.10. The summed E-state index contributed by atoms with van der Waals surface area (Å²) in [7, 11) is 0. The quantitative estimate of drug-likeness (QED) is 0.737. The molecule has 2 aromatic rings. The molecule has 1 unspecified atom stereocenters. The van der Waals surface area contributed by atoms with E-state index in [2.05, 4.69) is 44.3 Å². The van der Waals surface area contributed by atoms with Gasteiger partial charge in [0.15, 0.2) is 6.10 Å². The van der Waals surface area contributed by atoms with Crippen LogP contribution in [0.4, 0.5) is 0 Å². The number of amides is 1. The molecule has 0 spiro atoms. The van der Waals surface area contributed by atoms with Gasteiger partial charge in [-0.1, -0.05) is 40.2 Å². The topological polar surface area (TPSA) is 41.6 Å². The van der Waals surface area contributed by atoms with E-state index >= 15 is 0 Å². The van der Waals surface area contributed by atoms with Crippen molar-refractivity contribution in [1.29, 1.82) is 0 Å². The van der Waals surface area contributed by atoms with Gasteiger partial charge in [0.25, 0.3) is 5.91 Å². The minimum absolute atomic E-state index is 0.113. The molecule has 1 fully saturated rings. The molecule has 138 valence electrons. The van der Waals surface area contributed by atoms with E-state index in [1.54, 1.807) is 6.92 Å². The van der Waals surface area contributed by atoms with Crippen molar-refractivity contribution in [2.24, 2.45) is 0 Å². The molecule has 5 heteroatoms. The minimum Gasteiger partial charge on any atom is -0.481 e. The van der Waals surface area contributed by atoms with Gasteiger partial charge in [0, 0.05) is 17.6 Å². The van der Waals surface area contributed by atoms with Crippen molar-refractivity contribution < 1.29 is 9.53 Å². The first-order valence-corrected chi connectivity index (χ1v) is 9.89. The summed E-state index contributed by atoms with van der Waals surface area (Å²) >= 11 is 3.39. The number of rotatable bonds is 7. The van der Waals surface area contributed by atoms with Crippen molar-refractivity contribution in [3.8, 4) is 5.75 Å². The molecule has 1 atom stereocenters. The van der Waals surface area contributed by atoms with Crippen LogP contribution in [0.5, 0.6) is 5.75 Å². The molecule has 1 saturated heterocycles. The molecular weight excluding hydrogens is 392 g/mol. The van der Waals surface area contributed by atoms with Crippen LogP contribution >= 0.6 is 15.9 Å². The van der Waals surface area contributed by atoms with Gasteiger partial charge in [-0.3, -0.25) is 9.69 Å². The lowest BCUT2D eigenvalue weighted by atomic mass is 10.1. The molecule has 1 N–H and O–H groups in total. The summed E-state index contributed by atoms with van der Waals surface area (Å²) in [6.07, 6.45) is 2.06. The Labute approximate surface area is 163 Å². The molecule has 3 rings (SSSR count). The molecule has 0 radical (unpaired) electrons. The summed E-state index contributed by atoms with van der Waals surface area (Å²) in [6, 6.07) is 15.9. The third-order valence-electron chi connectivity index (χ3n) is 4.56. The first kappa shape index (κ1) is 18.9. The van der Waals surface area contributed by atoms with Crippen LogP contribution in [0.2, 0.25) is 0 Å². The van der Waals surface area contributed by atoms with Gasteiger partial charge in [-0.15, -0.1) is 0 Å². The number of ether oxygens (including phenoxy) is 1.